The van der Waals surface area contributed by atoms with Crippen LogP contribution in [0.1, 0.15) is 64.4 Å². The van der Waals surface area contributed by atoms with Gasteiger partial charge in [0.1, 0.15) is 0 Å². The molecule has 30 heavy (non-hydrogen) atoms. The van der Waals surface area contributed by atoms with Crippen molar-refractivity contribution in [2.24, 2.45) is 10.9 Å². The summed E-state index contributed by atoms with van der Waals surface area (Å²) in [5.74, 6) is 1.43. The number of nitrogens with zero attached hydrogens (tertiary/aromatic N) is 2. The zero-order valence-electron chi connectivity index (χ0n) is 18.7. The standard InChI is InChI=1S/C24H40N4O.HI/c1-3-8-19(13-14-29)17-26-24(25-4-2)27-21-15-22-11-12-23(16-21)28(22)18-20-9-6-5-7-10-20;/h5-7,9-10,19,21-23,29H,3-4,8,11-18H2,1-2H3,(H2,25,26,27);1H. The highest BCUT2D eigenvalue weighted by Gasteiger charge is 2.40. The molecule has 2 saturated heterocycles. The Balaban J connectivity index is 0.00000320. The Kier molecular flexibility index (Phi) is 11.5. The summed E-state index contributed by atoms with van der Waals surface area (Å²) >= 11 is 0. The monoisotopic (exact) mass is 528 g/mol. The molecule has 0 aliphatic carbocycles. The number of rotatable bonds is 10. The number of benzene rings is 1. The highest BCUT2D eigenvalue weighted by Crippen LogP contribution is 2.36. The Hall–Kier alpha value is -0.860. The van der Waals surface area contributed by atoms with Crippen LogP contribution in [0.2, 0.25) is 0 Å². The molecule has 170 valence electrons. The smallest absolute Gasteiger partial charge is 0.191 e. The number of aliphatic hydroxyl groups is 1. The van der Waals surface area contributed by atoms with E-state index in [0.717, 1.165) is 44.9 Å². The van der Waals surface area contributed by atoms with Gasteiger partial charge in [-0.2, -0.15) is 0 Å². The number of aliphatic hydroxyl groups excluding tert-OH is 1. The molecule has 3 N–H and O–H groups in total. The minimum atomic E-state index is 0. The molecule has 2 aliphatic rings. The van der Waals surface area contributed by atoms with Gasteiger partial charge < -0.3 is 15.7 Å². The number of fused-ring (bicyclic) bond motifs is 2. The molecule has 2 heterocycles. The number of nitrogens with one attached hydrogen (secondary N) is 2. The van der Waals surface area contributed by atoms with E-state index in [1.165, 1.54) is 31.2 Å². The molecule has 5 nitrogen and oxygen atoms in total. The molecule has 0 spiro atoms. The third-order valence-corrected chi connectivity index (χ3v) is 6.52. The second-order valence-corrected chi connectivity index (χ2v) is 8.74. The lowest BCUT2D eigenvalue weighted by Crippen LogP contribution is -2.52. The summed E-state index contributed by atoms with van der Waals surface area (Å²) in [5, 5.41) is 16.5. The summed E-state index contributed by atoms with van der Waals surface area (Å²) in [6.07, 6.45) is 8.15. The average Bonchev–Trinajstić information content (AvgIpc) is 2.95. The van der Waals surface area contributed by atoms with Crippen LogP contribution in [0.15, 0.2) is 35.3 Å². The van der Waals surface area contributed by atoms with Gasteiger partial charge in [0.15, 0.2) is 5.96 Å². The zero-order valence-corrected chi connectivity index (χ0v) is 21.1. The predicted molar refractivity (Wildman–Crippen MR) is 136 cm³/mol. The lowest BCUT2D eigenvalue weighted by atomic mass is 9.96. The quantitative estimate of drug-likeness (QED) is 0.243. The number of hydrogen-bond acceptors (Lipinski definition) is 3. The summed E-state index contributed by atoms with van der Waals surface area (Å²) in [5.41, 5.74) is 1.43. The lowest BCUT2D eigenvalue weighted by molar-refractivity contribution is 0.114. The lowest BCUT2D eigenvalue weighted by Gasteiger charge is -2.39. The Morgan fingerprint density at radius 3 is 2.43 bits per heavy atom. The van der Waals surface area contributed by atoms with E-state index < -0.39 is 0 Å². The first-order valence-electron chi connectivity index (χ1n) is 11.7. The van der Waals surface area contributed by atoms with Gasteiger partial charge in [0.05, 0.1) is 0 Å². The molecule has 0 saturated carbocycles. The van der Waals surface area contributed by atoms with Crippen LogP contribution < -0.4 is 10.6 Å². The molecule has 3 atom stereocenters. The Labute approximate surface area is 200 Å². The van der Waals surface area contributed by atoms with Crippen molar-refractivity contribution in [1.82, 2.24) is 15.5 Å². The van der Waals surface area contributed by atoms with Gasteiger partial charge in [-0.25, -0.2) is 0 Å². The van der Waals surface area contributed by atoms with Crippen molar-refractivity contribution in [3.05, 3.63) is 35.9 Å². The molecular formula is C24H41IN4O. The van der Waals surface area contributed by atoms with Gasteiger partial charge in [-0.15, -0.1) is 24.0 Å². The fourth-order valence-corrected chi connectivity index (χ4v) is 5.10. The molecule has 3 rings (SSSR count). The van der Waals surface area contributed by atoms with Gasteiger partial charge in [0, 0.05) is 44.4 Å². The van der Waals surface area contributed by atoms with Gasteiger partial charge in [0.2, 0.25) is 0 Å². The number of aliphatic imine (C=N–C) groups is 1. The van der Waals surface area contributed by atoms with Crippen molar-refractivity contribution < 1.29 is 5.11 Å². The fraction of sp³-hybridized carbons (Fsp3) is 0.708. The molecule has 2 aliphatic heterocycles. The van der Waals surface area contributed by atoms with E-state index in [4.69, 9.17) is 4.99 Å². The van der Waals surface area contributed by atoms with Crippen molar-refractivity contribution in [1.29, 1.82) is 0 Å². The van der Waals surface area contributed by atoms with Crippen molar-refractivity contribution >= 4 is 29.9 Å². The maximum atomic E-state index is 9.30. The van der Waals surface area contributed by atoms with Gasteiger partial charge >= 0.3 is 0 Å². The number of guanidine groups is 1. The van der Waals surface area contributed by atoms with Crippen LogP contribution in [-0.4, -0.2) is 53.8 Å². The van der Waals surface area contributed by atoms with E-state index in [9.17, 15) is 5.11 Å². The van der Waals surface area contributed by atoms with Gasteiger partial charge in [-0.05, 0) is 56.9 Å². The van der Waals surface area contributed by atoms with Crippen LogP contribution in [0.25, 0.3) is 0 Å². The minimum absolute atomic E-state index is 0. The average molecular weight is 529 g/mol. The number of hydrogen-bond donors (Lipinski definition) is 3. The van der Waals surface area contributed by atoms with E-state index in [2.05, 4.69) is 59.7 Å². The number of piperidine rings is 1. The zero-order chi connectivity index (χ0) is 20.5. The molecule has 1 aromatic carbocycles. The van der Waals surface area contributed by atoms with Crippen LogP contribution in [0.4, 0.5) is 0 Å². The van der Waals surface area contributed by atoms with E-state index >= 15 is 0 Å². The molecule has 0 aromatic heterocycles. The highest BCUT2D eigenvalue weighted by molar-refractivity contribution is 14.0. The van der Waals surface area contributed by atoms with E-state index in [0.29, 0.717) is 24.0 Å². The third kappa shape index (κ3) is 7.38. The van der Waals surface area contributed by atoms with Gasteiger partial charge in [-0.3, -0.25) is 9.89 Å². The second kappa shape index (κ2) is 13.5. The Bertz CT molecular complexity index is 607. The molecule has 0 radical (unpaired) electrons. The van der Waals surface area contributed by atoms with Crippen LogP contribution in [0.5, 0.6) is 0 Å². The molecule has 0 amide bonds. The van der Waals surface area contributed by atoms with Crippen LogP contribution in [-0.2, 0) is 6.54 Å². The summed E-state index contributed by atoms with van der Waals surface area (Å²) in [6.45, 7) is 7.34. The molecule has 2 fully saturated rings. The topological polar surface area (TPSA) is 59.9 Å². The largest absolute Gasteiger partial charge is 0.396 e. The summed E-state index contributed by atoms with van der Waals surface area (Å²) in [7, 11) is 0. The summed E-state index contributed by atoms with van der Waals surface area (Å²) < 4.78 is 0. The first kappa shape index (κ1) is 25.4. The van der Waals surface area contributed by atoms with Crippen LogP contribution in [0.3, 0.4) is 0 Å². The maximum absolute atomic E-state index is 9.30. The second-order valence-electron chi connectivity index (χ2n) is 8.74. The first-order chi connectivity index (χ1) is 14.2. The Morgan fingerprint density at radius 1 is 1.13 bits per heavy atom. The molecule has 2 bridgehead atoms. The van der Waals surface area contributed by atoms with Crippen LogP contribution in [0, 0.1) is 5.92 Å². The fourth-order valence-electron chi connectivity index (χ4n) is 5.10. The normalized spacial score (nSPS) is 24.9. The summed E-state index contributed by atoms with van der Waals surface area (Å²) in [6, 6.07) is 12.7. The van der Waals surface area contributed by atoms with E-state index in [1.807, 2.05) is 0 Å². The first-order valence-corrected chi connectivity index (χ1v) is 11.7. The van der Waals surface area contributed by atoms with Crippen molar-refractivity contribution in [3.63, 3.8) is 0 Å². The van der Waals surface area contributed by atoms with Crippen molar-refractivity contribution in [2.45, 2.75) is 83.5 Å². The third-order valence-electron chi connectivity index (χ3n) is 6.52. The minimum Gasteiger partial charge on any atom is -0.396 e. The number of halogens is 1. The van der Waals surface area contributed by atoms with Gasteiger partial charge in [0.25, 0.3) is 0 Å². The van der Waals surface area contributed by atoms with Gasteiger partial charge in [-0.1, -0.05) is 43.7 Å². The van der Waals surface area contributed by atoms with E-state index in [1.54, 1.807) is 0 Å². The Morgan fingerprint density at radius 2 is 1.83 bits per heavy atom. The van der Waals surface area contributed by atoms with E-state index in [-0.39, 0.29) is 30.6 Å². The van der Waals surface area contributed by atoms with Crippen molar-refractivity contribution in [2.75, 3.05) is 19.7 Å². The maximum Gasteiger partial charge on any atom is 0.191 e. The van der Waals surface area contributed by atoms with Crippen LogP contribution >= 0.6 is 24.0 Å². The highest BCUT2D eigenvalue weighted by atomic mass is 127. The van der Waals surface area contributed by atoms with Crippen molar-refractivity contribution in [3.8, 4) is 0 Å². The predicted octanol–water partition coefficient (Wildman–Crippen LogP) is 4.15. The molecule has 6 heteroatoms. The molecular weight excluding hydrogens is 487 g/mol. The molecule has 1 aromatic rings. The summed E-state index contributed by atoms with van der Waals surface area (Å²) in [4.78, 5) is 7.60. The SMILES string of the molecule is CCCC(CCO)CN=C(NCC)NC1CC2CCC(C1)N2Cc1ccccc1.I. The molecule has 3 unspecified atom stereocenters.